The van der Waals surface area contributed by atoms with Crippen molar-refractivity contribution in [2.24, 2.45) is 0 Å². The van der Waals surface area contributed by atoms with Crippen molar-refractivity contribution >= 4 is 45.0 Å². The van der Waals surface area contributed by atoms with Crippen molar-refractivity contribution in [3.8, 4) is 17.2 Å². The lowest BCUT2D eigenvalue weighted by atomic mass is 10.1. The quantitative estimate of drug-likeness (QED) is 0.626. The van der Waals surface area contributed by atoms with Crippen molar-refractivity contribution in [2.75, 3.05) is 27.4 Å². The Hall–Kier alpha value is -1.63. The highest BCUT2D eigenvalue weighted by atomic mass is 79.9. The third-order valence-electron chi connectivity index (χ3n) is 3.52. The van der Waals surface area contributed by atoms with Gasteiger partial charge in [0.05, 0.1) is 19.2 Å². The third kappa shape index (κ3) is 5.69. The Kier molecular flexibility index (Phi) is 7.87. The first-order valence-electron chi connectivity index (χ1n) is 7.69. The lowest BCUT2D eigenvalue weighted by Crippen LogP contribution is -2.30. The van der Waals surface area contributed by atoms with E-state index in [2.05, 4.69) is 21.2 Å². The normalized spacial score (nSPS) is 10.3. The van der Waals surface area contributed by atoms with Crippen molar-refractivity contribution in [2.45, 2.75) is 6.42 Å². The lowest BCUT2D eigenvalue weighted by molar-refractivity contribution is -0.123. The van der Waals surface area contributed by atoms with Crippen LogP contribution in [0.5, 0.6) is 17.2 Å². The minimum Gasteiger partial charge on any atom is -0.493 e. The van der Waals surface area contributed by atoms with Crippen LogP contribution in [-0.4, -0.2) is 33.3 Å². The van der Waals surface area contributed by atoms with Gasteiger partial charge in [-0.2, -0.15) is 0 Å². The second-order valence-electron chi connectivity index (χ2n) is 5.26. The van der Waals surface area contributed by atoms with Crippen molar-refractivity contribution in [3.05, 3.63) is 50.4 Å². The molecule has 0 heterocycles. The molecule has 0 spiro atoms. The van der Waals surface area contributed by atoms with Crippen LogP contribution < -0.4 is 19.5 Å². The SMILES string of the molecule is COc1cc(Br)c(CCNC(=O)COc2ccc(Cl)cc2Cl)cc1OC. The van der Waals surface area contributed by atoms with E-state index in [-0.39, 0.29) is 12.5 Å². The number of carbonyl (C=O) groups is 1. The van der Waals surface area contributed by atoms with Gasteiger partial charge in [-0.15, -0.1) is 0 Å². The Balaban J connectivity index is 1.84. The van der Waals surface area contributed by atoms with Gasteiger partial charge in [0.1, 0.15) is 5.75 Å². The van der Waals surface area contributed by atoms with Crippen LogP contribution in [0.1, 0.15) is 5.56 Å². The van der Waals surface area contributed by atoms with Crippen LogP contribution in [0.25, 0.3) is 0 Å². The van der Waals surface area contributed by atoms with Gasteiger partial charge in [-0.25, -0.2) is 0 Å². The molecule has 0 saturated heterocycles. The van der Waals surface area contributed by atoms with E-state index in [1.807, 2.05) is 12.1 Å². The van der Waals surface area contributed by atoms with Gasteiger partial charge >= 0.3 is 0 Å². The van der Waals surface area contributed by atoms with E-state index in [0.29, 0.717) is 40.3 Å². The molecule has 0 bridgehead atoms. The number of halogens is 3. The van der Waals surface area contributed by atoms with Gasteiger partial charge < -0.3 is 19.5 Å². The standard InChI is InChI=1S/C18H18BrCl2NO4/c1-24-16-7-11(13(19)9-17(16)25-2)5-6-22-18(23)10-26-15-4-3-12(20)8-14(15)21/h3-4,7-9H,5-6,10H2,1-2H3,(H,22,23). The van der Waals surface area contributed by atoms with E-state index >= 15 is 0 Å². The van der Waals surface area contributed by atoms with Crippen LogP contribution in [-0.2, 0) is 11.2 Å². The van der Waals surface area contributed by atoms with Crippen molar-refractivity contribution in [1.82, 2.24) is 5.32 Å². The Morgan fingerprint density at radius 2 is 1.77 bits per heavy atom. The maximum atomic E-state index is 11.9. The van der Waals surface area contributed by atoms with Crippen LogP contribution in [0, 0.1) is 0 Å². The number of hydrogen-bond acceptors (Lipinski definition) is 4. The maximum absolute atomic E-state index is 11.9. The van der Waals surface area contributed by atoms with E-state index in [1.54, 1.807) is 32.4 Å². The van der Waals surface area contributed by atoms with E-state index < -0.39 is 0 Å². The topological polar surface area (TPSA) is 56.8 Å². The molecule has 1 amide bonds. The van der Waals surface area contributed by atoms with E-state index in [0.717, 1.165) is 10.0 Å². The summed E-state index contributed by atoms with van der Waals surface area (Å²) >= 11 is 15.3. The average Bonchev–Trinajstić information content (AvgIpc) is 2.62. The molecule has 1 N–H and O–H groups in total. The number of carbonyl (C=O) groups excluding carboxylic acids is 1. The predicted octanol–water partition coefficient (Wildman–Crippen LogP) is 4.51. The number of nitrogens with one attached hydrogen (secondary N) is 1. The largest absolute Gasteiger partial charge is 0.493 e. The molecule has 0 aliphatic rings. The van der Waals surface area contributed by atoms with Crippen LogP contribution in [0.3, 0.4) is 0 Å². The summed E-state index contributed by atoms with van der Waals surface area (Å²) in [6.07, 6.45) is 0.619. The molecule has 2 rings (SSSR count). The molecule has 0 atom stereocenters. The second kappa shape index (κ2) is 9.90. The highest BCUT2D eigenvalue weighted by Gasteiger charge is 2.11. The van der Waals surface area contributed by atoms with E-state index in [4.69, 9.17) is 37.4 Å². The van der Waals surface area contributed by atoms with Gasteiger partial charge in [-0.05, 0) is 42.3 Å². The van der Waals surface area contributed by atoms with Gasteiger partial charge in [0, 0.05) is 16.0 Å². The van der Waals surface area contributed by atoms with Gasteiger partial charge in [0.15, 0.2) is 18.1 Å². The molecule has 2 aromatic rings. The van der Waals surface area contributed by atoms with Crippen molar-refractivity contribution in [3.63, 3.8) is 0 Å². The number of rotatable bonds is 8. The third-order valence-corrected chi connectivity index (χ3v) is 4.79. The van der Waals surface area contributed by atoms with Gasteiger partial charge in [-0.1, -0.05) is 39.1 Å². The maximum Gasteiger partial charge on any atom is 0.257 e. The summed E-state index contributed by atoms with van der Waals surface area (Å²) in [7, 11) is 3.16. The zero-order chi connectivity index (χ0) is 19.1. The summed E-state index contributed by atoms with van der Waals surface area (Å²) in [5.41, 5.74) is 0.990. The second-order valence-corrected chi connectivity index (χ2v) is 6.96. The Morgan fingerprint density at radius 1 is 1.08 bits per heavy atom. The van der Waals surface area contributed by atoms with Crippen LogP contribution >= 0.6 is 39.1 Å². The fraction of sp³-hybridized carbons (Fsp3) is 0.278. The van der Waals surface area contributed by atoms with Crippen LogP contribution in [0.15, 0.2) is 34.8 Å². The minimum atomic E-state index is -0.243. The molecule has 0 aliphatic carbocycles. The van der Waals surface area contributed by atoms with Crippen LogP contribution in [0.2, 0.25) is 10.0 Å². The van der Waals surface area contributed by atoms with Gasteiger partial charge in [0.2, 0.25) is 0 Å². The van der Waals surface area contributed by atoms with Gasteiger partial charge in [-0.3, -0.25) is 4.79 Å². The predicted molar refractivity (Wildman–Crippen MR) is 106 cm³/mol. The lowest BCUT2D eigenvalue weighted by Gasteiger charge is -2.12. The molecule has 140 valence electrons. The first kappa shape index (κ1) is 20.7. The molecular formula is C18H18BrCl2NO4. The summed E-state index contributed by atoms with van der Waals surface area (Å²) in [6.45, 7) is 0.319. The Bertz CT molecular complexity index is 786. The van der Waals surface area contributed by atoms with Crippen molar-refractivity contribution in [1.29, 1.82) is 0 Å². The zero-order valence-corrected chi connectivity index (χ0v) is 17.4. The summed E-state index contributed by atoms with van der Waals surface area (Å²) in [5, 5.41) is 3.67. The highest BCUT2D eigenvalue weighted by Crippen LogP contribution is 2.33. The molecule has 0 fully saturated rings. The molecule has 0 saturated carbocycles. The van der Waals surface area contributed by atoms with Gasteiger partial charge in [0.25, 0.3) is 5.91 Å². The van der Waals surface area contributed by atoms with E-state index in [1.165, 1.54) is 0 Å². The Labute approximate surface area is 170 Å². The first-order valence-corrected chi connectivity index (χ1v) is 9.24. The Morgan fingerprint density at radius 3 is 2.42 bits per heavy atom. The number of amides is 1. The summed E-state index contributed by atoms with van der Waals surface area (Å²) < 4.78 is 16.8. The van der Waals surface area contributed by atoms with Crippen molar-refractivity contribution < 1.29 is 19.0 Å². The molecule has 2 aromatic carbocycles. The molecule has 8 heteroatoms. The molecule has 0 unspecified atom stereocenters. The number of methoxy groups -OCH3 is 2. The van der Waals surface area contributed by atoms with Crippen LogP contribution in [0.4, 0.5) is 0 Å². The molecule has 0 radical (unpaired) electrons. The molecule has 5 nitrogen and oxygen atoms in total. The fourth-order valence-corrected chi connectivity index (χ4v) is 3.19. The first-order chi connectivity index (χ1) is 12.4. The number of ether oxygens (including phenoxy) is 3. The average molecular weight is 463 g/mol. The molecule has 26 heavy (non-hydrogen) atoms. The highest BCUT2D eigenvalue weighted by molar-refractivity contribution is 9.10. The number of benzene rings is 2. The minimum absolute atomic E-state index is 0.131. The summed E-state index contributed by atoms with van der Waals surface area (Å²) in [6, 6.07) is 8.54. The number of hydrogen-bond donors (Lipinski definition) is 1. The monoisotopic (exact) mass is 461 g/mol. The molecule has 0 aliphatic heterocycles. The smallest absolute Gasteiger partial charge is 0.257 e. The zero-order valence-electron chi connectivity index (χ0n) is 14.3. The molecular weight excluding hydrogens is 445 g/mol. The molecule has 0 aromatic heterocycles. The summed E-state index contributed by atoms with van der Waals surface area (Å²) in [4.78, 5) is 11.9. The van der Waals surface area contributed by atoms with E-state index in [9.17, 15) is 4.79 Å². The fourth-order valence-electron chi connectivity index (χ4n) is 2.21. The summed E-state index contributed by atoms with van der Waals surface area (Å²) in [5.74, 6) is 1.44.